The van der Waals surface area contributed by atoms with Crippen LogP contribution >= 0.6 is 0 Å². The smallest absolute Gasteiger partial charge is 0.217 e. The second-order valence-electron chi connectivity index (χ2n) is 7.80. The molecule has 2 unspecified atom stereocenters. The van der Waals surface area contributed by atoms with Gasteiger partial charge in [-0.15, -0.1) is 11.8 Å². The molecule has 0 bridgehead atoms. The van der Waals surface area contributed by atoms with Crippen molar-refractivity contribution in [1.29, 1.82) is 0 Å². The lowest BCUT2D eigenvalue weighted by Crippen LogP contribution is -2.06. The molecule has 0 saturated heterocycles. The van der Waals surface area contributed by atoms with Crippen molar-refractivity contribution >= 4 is 0 Å². The van der Waals surface area contributed by atoms with Crippen molar-refractivity contribution in [2.24, 2.45) is 0 Å². The van der Waals surface area contributed by atoms with E-state index in [9.17, 15) is 18.3 Å². The van der Waals surface area contributed by atoms with E-state index in [0.29, 0.717) is 0 Å². The van der Waals surface area contributed by atoms with Crippen LogP contribution in [0.2, 0.25) is 0 Å². The summed E-state index contributed by atoms with van der Waals surface area (Å²) >= 11 is 0. The highest BCUT2D eigenvalue weighted by Crippen LogP contribution is 2.28. The lowest BCUT2D eigenvalue weighted by molar-refractivity contribution is 0.208. The third-order valence-electron chi connectivity index (χ3n) is 5.18. The quantitative estimate of drug-likeness (QED) is 0.305. The van der Waals surface area contributed by atoms with Crippen molar-refractivity contribution in [1.82, 2.24) is 19.9 Å². The SMILES string of the molecule is CC#CCOc1cc(C(F)c2ccccc2F)ncn1.CC#CCOc1cc(C(O)c2ccccc2F)ncn1. The maximum absolute atomic E-state index is 14.3. The van der Waals surface area contributed by atoms with Crippen molar-refractivity contribution in [2.45, 2.75) is 26.1 Å². The van der Waals surface area contributed by atoms with Gasteiger partial charge in [0.2, 0.25) is 11.8 Å². The lowest BCUT2D eigenvalue weighted by Gasteiger charge is -2.11. The molecule has 4 rings (SSSR count). The third kappa shape index (κ3) is 8.55. The molecule has 204 valence electrons. The van der Waals surface area contributed by atoms with Crippen LogP contribution in [0.5, 0.6) is 11.8 Å². The minimum absolute atomic E-state index is 0.0459. The summed E-state index contributed by atoms with van der Waals surface area (Å²) in [5.74, 6) is 10.2. The molecule has 0 amide bonds. The van der Waals surface area contributed by atoms with Crippen LogP contribution in [-0.2, 0) is 0 Å². The van der Waals surface area contributed by atoms with Gasteiger partial charge in [-0.1, -0.05) is 48.2 Å². The van der Waals surface area contributed by atoms with Crippen molar-refractivity contribution in [3.8, 4) is 35.4 Å². The van der Waals surface area contributed by atoms with Crippen molar-refractivity contribution in [3.05, 3.63) is 107 Å². The van der Waals surface area contributed by atoms with Gasteiger partial charge < -0.3 is 14.6 Å². The molecule has 2 atom stereocenters. The van der Waals surface area contributed by atoms with Crippen LogP contribution in [0.3, 0.4) is 0 Å². The molecule has 10 heteroatoms. The molecule has 0 aliphatic carbocycles. The van der Waals surface area contributed by atoms with E-state index in [4.69, 9.17) is 9.47 Å². The van der Waals surface area contributed by atoms with E-state index in [1.807, 2.05) is 0 Å². The number of hydrogen-bond acceptors (Lipinski definition) is 7. The number of alkyl halides is 1. The van der Waals surface area contributed by atoms with Gasteiger partial charge in [-0.2, -0.15) is 0 Å². The fourth-order valence-electron chi connectivity index (χ4n) is 3.21. The Morgan fingerprint density at radius 3 is 1.73 bits per heavy atom. The molecule has 0 aliphatic rings. The highest BCUT2D eigenvalue weighted by molar-refractivity contribution is 5.30. The Bertz CT molecular complexity index is 1410. The molecule has 40 heavy (non-hydrogen) atoms. The highest BCUT2D eigenvalue weighted by Gasteiger charge is 2.19. The average Bonchev–Trinajstić information content (AvgIpc) is 2.98. The Morgan fingerprint density at radius 1 is 0.725 bits per heavy atom. The Morgan fingerprint density at radius 2 is 1.20 bits per heavy atom. The predicted octanol–water partition coefficient (Wildman–Crippen LogP) is 5.18. The van der Waals surface area contributed by atoms with E-state index in [2.05, 4.69) is 43.6 Å². The summed E-state index contributed by atoms with van der Waals surface area (Å²) in [5, 5.41) is 10.2. The lowest BCUT2D eigenvalue weighted by atomic mass is 10.1. The summed E-state index contributed by atoms with van der Waals surface area (Å²) in [6.07, 6.45) is -0.399. The third-order valence-corrected chi connectivity index (χ3v) is 5.18. The number of halogens is 3. The Hall–Kier alpha value is -4.93. The first-order valence-corrected chi connectivity index (χ1v) is 11.9. The number of aromatic nitrogens is 4. The molecule has 0 radical (unpaired) electrons. The maximum atomic E-state index is 14.3. The molecule has 0 saturated carbocycles. The van der Waals surface area contributed by atoms with Crippen LogP contribution in [0.4, 0.5) is 13.2 Å². The Balaban J connectivity index is 0.000000220. The number of rotatable bonds is 8. The van der Waals surface area contributed by atoms with Crippen molar-refractivity contribution in [3.63, 3.8) is 0 Å². The topological polar surface area (TPSA) is 90.3 Å². The first-order valence-electron chi connectivity index (χ1n) is 11.9. The van der Waals surface area contributed by atoms with Crippen LogP contribution in [0, 0.1) is 35.3 Å². The maximum Gasteiger partial charge on any atom is 0.217 e. The summed E-state index contributed by atoms with van der Waals surface area (Å²) in [7, 11) is 0. The Labute approximate surface area is 230 Å². The van der Waals surface area contributed by atoms with E-state index in [1.165, 1.54) is 55.1 Å². The minimum Gasteiger partial charge on any atom is -0.464 e. The van der Waals surface area contributed by atoms with Gasteiger partial charge in [-0.05, 0) is 26.0 Å². The molecule has 0 spiro atoms. The molecule has 1 N–H and O–H groups in total. The standard InChI is InChI=1S/C15H12F2N2O.C15H13FN2O2/c1-2-3-8-20-14-9-13(18-10-19-14)15(17)11-6-4-5-7-12(11)16;1-2-3-8-20-14-9-13(17-10-18-14)15(19)11-6-4-5-7-12(11)16/h4-7,9-10,15H,8H2,1H3;4-7,9-10,15,19H,8H2,1H3. The van der Waals surface area contributed by atoms with Crippen LogP contribution in [-0.4, -0.2) is 38.3 Å². The average molecular weight is 547 g/mol. The second-order valence-corrected chi connectivity index (χ2v) is 7.80. The van der Waals surface area contributed by atoms with Crippen molar-refractivity contribution in [2.75, 3.05) is 13.2 Å². The molecule has 0 fully saturated rings. The predicted molar refractivity (Wildman–Crippen MR) is 142 cm³/mol. The summed E-state index contributed by atoms with van der Waals surface area (Å²) in [6.45, 7) is 3.74. The number of hydrogen-bond donors (Lipinski definition) is 1. The van der Waals surface area contributed by atoms with E-state index < -0.39 is 23.9 Å². The largest absolute Gasteiger partial charge is 0.464 e. The van der Waals surface area contributed by atoms with Gasteiger partial charge in [-0.3, -0.25) is 0 Å². The minimum atomic E-state index is -1.67. The van der Waals surface area contributed by atoms with Gasteiger partial charge >= 0.3 is 0 Å². The number of benzene rings is 2. The van der Waals surface area contributed by atoms with Gasteiger partial charge in [0.1, 0.15) is 30.4 Å². The molecule has 2 heterocycles. The zero-order valence-corrected chi connectivity index (χ0v) is 21.7. The monoisotopic (exact) mass is 546 g/mol. The zero-order valence-electron chi connectivity index (χ0n) is 21.7. The summed E-state index contributed by atoms with van der Waals surface area (Å²) in [6, 6.07) is 14.5. The summed E-state index contributed by atoms with van der Waals surface area (Å²) in [4.78, 5) is 15.5. The van der Waals surface area contributed by atoms with E-state index in [0.717, 1.165) is 0 Å². The van der Waals surface area contributed by atoms with Gasteiger partial charge in [0.05, 0.1) is 11.4 Å². The van der Waals surface area contributed by atoms with Crippen LogP contribution in [0.15, 0.2) is 73.3 Å². The normalized spacial score (nSPS) is 11.3. The van der Waals surface area contributed by atoms with Gasteiger partial charge in [0.15, 0.2) is 19.4 Å². The Kier molecular flexibility index (Phi) is 11.5. The number of ether oxygens (including phenoxy) is 2. The van der Waals surface area contributed by atoms with Crippen LogP contribution in [0.1, 0.15) is 48.6 Å². The first kappa shape index (κ1) is 29.6. The fraction of sp³-hybridized carbons (Fsp3) is 0.200. The molecule has 0 aliphatic heterocycles. The van der Waals surface area contributed by atoms with Gasteiger partial charge in [-0.25, -0.2) is 33.1 Å². The highest BCUT2D eigenvalue weighted by atomic mass is 19.1. The summed E-state index contributed by atoms with van der Waals surface area (Å²) < 4.78 is 51.9. The van der Waals surface area contributed by atoms with E-state index >= 15 is 0 Å². The van der Waals surface area contributed by atoms with E-state index in [-0.39, 0.29) is 47.5 Å². The van der Waals surface area contributed by atoms with Gasteiger partial charge in [0.25, 0.3) is 0 Å². The number of nitrogens with zero attached hydrogens (tertiary/aromatic N) is 4. The molecule has 7 nitrogen and oxygen atoms in total. The van der Waals surface area contributed by atoms with E-state index in [1.54, 1.807) is 32.0 Å². The number of aliphatic hydroxyl groups is 1. The van der Waals surface area contributed by atoms with Gasteiger partial charge in [0, 0.05) is 23.3 Å². The zero-order chi connectivity index (χ0) is 28.7. The van der Waals surface area contributed by atoms with Crippen LogP contribution < -0.4 is 9.47 Å². The van der Waals surface area contributed by atoms with Crippen molar-refractivity contribution < 1.29 is 27.8 Å². The molecule has 4 aromatic rings. The number of aliphatic hydroxyl groups excluding tert-OH is 1. The summed E-state index contributed by atoms with van der Waals surface area (Å²) in [5.41, 5.74) is 0.408. The molecule has 2 aromatic heterocycles. The molecular formula is C30H25F3N4O3. The fourth-order valence-corrected chi connectivity index (χ4v) is 3.21. The first-order chi connectivity index (χ1) is 19.4. The second kappa shape index (κ2) is 15.5. The molecule has 2 aromatic carbocycles. The molecular weight excluding hydrogens is 521 g/mol. The van der Waals surface area contributed by atoms with Crippen LogP contribution in [0.25, 0.3) is 0 Å².